The van der Waals surface area contributed by atoms with Crippen molar-refractivity contribution in [1.29, 1.82) is 0 Å². The summed E-state index contributed by atoms with van der Waals surface area (Å²) in [6.07, 6.45) is 4.12. The monoisotopic (exact) mass is 243 g/mol. The van der Waals surface area contributed by atoms with Crippen LogP contribution in [-0.4, -0.2) is 11.9 Å². The van der Waals surface area contributed by atoms with Gasteiger partial charge >= 0.3 is 0 Å². The number of carbonyl (C=O) groups is 1. The average Bonchev–Trinajstić information content (AvgIpc) is 2.82. The molecule has 1 aromatic carbocycles. The summed E-state index contributed by atoms with van der Waals surface area (Å²) >= 11 is 0. The lowest BCUT2D eigenvalue weighted by molar-refractivity contribution is 0.0939. The molecule has 0 saturated carbocycles. The highest BCUT2D eigenvalue weighted by Gasteiger charge is 2.12. The van der Waals surface area contributed by atoms with Crippen molar-refractivity contribution in [2.24, 2.45) is 0 Å². The van der Waals surface area contributed by atoms with Gasteiger partial charge in [-0.1, -0.05) is 18.2 Å². The van der Waals surface area contributed by atoms with E-state index in [9.17, 15) is 4.79 Å². The Bertz CT molecular complexity index is 517. The predicted octanol–water partition coefficient (Wildman–Crippen LogP) is 2.95. The van der Waals surface area contributed by atoms with Gasteiger partial charge in [-0.05, 0) is 43.5 Å². The molecule has 1 N–H and O–H groups in total. The maximum atomic E-state index is 12.1. The Balaban J connectivity index is 1.97. The second-order valence-corrected chi connectivity index (χ2v) is 4.53. The van der Waals surface area contributed by atoms with Gasteiger partial charge in [0.05, 0.1) is 12.5 Å². The molecule has 18 heavy (non-hydrogen) atoms. The van der Waals surface area contributed by atoms with E-state index < -0.39 is 0 Å². The van der Waals surface area contributed by atoms with Crippen LogP contribution in [0.25, 0.3) is 0 Å². The average molecular weight is 243 g/mol. The molecule has 3 nitrogen and oxygen atoms in total. The van der Waals surface area contributed by atoms with Crippen LogP contribution in [0.5, 0.6) is 0 Å². The number of carbonyl (C=O) groups excluding carboxylic acids is 1. The van der Waals surface area contributed by atoms with Gasteiger partial charge in [0.25, 0.3) is 5.91 Å². The number of benzene rings is 1. The summed E-state index contributed by atoms with van der Waals surface area (Å²) in [5, 5.41) is 2.99. The Morgan fingerprint density at radius 3 is 2.78 bits per heavy atom. The van der Waals surface area contributed by atoms with Crippen LogP contribution >= 0.6 is 0 Å². The van der Waals surface area contributed by atoms with Crippen LogP contribution in [0.1, 0.15) is 28.4 Å². The Morgan fingerprint density at radius 1 is 1.33 bits per heavy atom. The molecule has 94 valence electrons. The Kier molecular flexibility index (Phi) is 3.82. The number of hydrogen-bond donors (Lipinski definition) is 1. The number of hydrogen-bond acceptors (Lipinski definition) is 2. The van der Waals surface area contributed by atoms with Gasteiger partial charge < -0.3 is 9.73 Å². The summed E-state index contributed by atoms with van der Waals surface area (Å²) in [4.78, 5) is 12.1. The van der Waals surface area contributed by atoms with Crippen LogP contribution in [-0.2, 0) is 6.42 Å². The van der Waals surface area contributed by atoms with E-state index in [0.29, 0.717) is 0 Å². The van der Waals surface area contributed by atoms with Gasteiger partial charge in [0, 0.05) is 11.6 Å². The number of furan rings is 1. The molecule has 2 aromatic rings. The fourth-order valence-electron chi connectivity index (χ4n) is 1.94. The summed E-state index contributed by atoms with van der Waals surface area (Å²) in [6.45, 7) is 3.93. The normalized spacial score (nSPS) is 12.1. The topological polar surface area (TPSA) is 42.2 Å². The summed E-state index contributed by atoms with van der Waals surface area (Å²) in [5.74, 6) is -0.0240. The molecule has 3 heteroatoms. The number of amides is 1. The van der Waals surface area contributed by atoms with E-state index >= 15 is 0 Å². The molecule has 0 spiro atoms. The van der Waals surface area contributed by atoms with E-state index in [1.165, 1.54) is 0 Å². The van der Waals surface area contributed by atoms with Crippen LogP contribution in [0, 0.1) is 6.92 Å². The van der Waals surface area contributed by atoms with Crippen molar-refractivity contribution in [2.45, 2.75) is 26.3 Å². The Hall–Kier alpha value is -2.03. The summed E-state index contributed by atoms with van der Waals surface area (Å²) in [6, 6.07) is 9.58. The lowest BCUT2D eigenvalue weighted by atomic mass is 10.1. The van der Waals surface area contributed by atoms with Crippen LogP contribution in [0.3, 0.4) is 0 Å². The van der Waals surface area contributed by atoms with Crippen LogP contribution < -0.4 is 5.32 Å². The standard InChI is InChI=1S/C15H17NO2/c1-11-5-3-4-6-14(11)15(17)16-12(2)9-13-7-8-18-10-13/h3-8,10,12H,9H2,1-2H3,(H,16,17)/t12-/m1/s1. The molecular formula is C15H17NO2. The van der Waals surface area contributed by atoms with Gasteiger partial charge in [0.2, 0.25) is 0 Å². The smallest absolute Gasteiger partial charge is 0.251 e. The van der Waals surface area contributed by atoms with Crippen molar-refractivity contribution in [3.05, 3.63) is 59.5 Å². The van der Waals surface area contributed by atoms with Gasteiger partial charge in [-0.2, -0.15) is 0 Å². The molecule has 0 unspecified atom stereocenters. The van der Waals surface area contributed by atoms with Crippen molar-refractivity contribution in [3.63, 3.8) is 0 Å². The highest BCUT2D eigenvalue weighted by molar-refractivity contribution is 5.95. The molecule has 1 amide bonds. The van der Waals surface area contributed by atoms with E-state index in [2.05, 4.69) is 5.32 Å². The zero-order valence-electron chi connectivity index (χ0n) is 10.6. The van der Waals surface area contributed by atoms with Gasteiger partial charge in [-0.3, -0.25) is 4.79 Å². The van der Waals surface area contributed by atoms with Crippen molar-refractivity contribution < 1.29 is 9.21 Å². The molecule has 2 rings (SSSR count). The predicted molar refractivity (Wildman–Crippen MR) is 70.5 cm³/mol. The number of aryl methyl sites for hydroxylation is 1. The minimum atomic E-state index is -0.0240. The highest BCUT2D eigenvalue weighted by atomic mass is 16.3. The molecule has 0 radical (unpaired) electrons. The number of rotatable bonds is 4. The first-order valence-electron chi connectivity index (χ1n) is 6.04. The second-order valence-electron chi connectivity index (χ2n) is 4.53. The summed E-state index contributed by atoms with van der Waals surface area (Å²) in [7, 11) is 0. The molecule has 0 aliphatic rings. The lowest BCUT2D eigenvalue weighted by Crippen LogP contribution is -2.34. The van der Waals surface area contributed by atoms with Crippen LogP contribution in [0.2, 0.25) is 0 Å². The van der Waals surface area contributed by atoms with Crippen molar-refractivity contribution in [3.8, 4) is 0 Å². The fraction of sp³-hybridized carbons (Fsp3) is 0.267. The van der Waals surface area contributed by atoms with E-state index in [1.807, 2.05) is 44.2 Å². The lowest BCUT2D eigenvalue weighted by Gasteiger charge is -2.14. The minimum Gasteiger partial charge on any atom is -0.472 e. The zero-order valence-corrected chi connectivity index (χ0v) is 10.6. The van der Waals surface area contributed by atoms with Crippen molar-refractivity contribution in [2.75, 3.05) is 0 Å². The quantitative estimate of drug-likeness (QED) is 0.897. The molecule has 0 aliphatic heterocycles. The number of nitrogens with one attached hydrogen (secondary N) is 1. The SMILES string of the molecule is Cc1ccccc1C(=O)N[C@H](C)Cc1ccoc1. The Morgan fingerprint density at radius 2 is 2.11 bits per heavy atom. The summed E-state index contributed by atoms with van der Waals surface area (Å²) in [5.41, 5.74) is 2.81. The molecule has 1 aromatic heterocycles. The maximum Gasteiger partial charge on any atom is 0.251 e. The molecule has 1 atom stereocenters. The molecule has 0 aliphatic carbocycles. The highest BCUT2D eigenvalue weighted by Crippen LogP contribution is 2.08. The first-order chi connectivity index (χ1) is 8.66. The third kappa shape index (κ3) is 3.00. The third-order valence-corrected chi connectivity index (χ3v) is 2.89. The molecule has 0 bridgehead atoms. The van der Waals surface area contributed by atoms with E-state index in [1.54, 1.807) is 12.5 Å². The zero-order chi connectivity index (χ0) is 13.0. The maximum absolute atomic E-state index is 12.1. The molecular weight excluding hydrogens is 226 g/mol. The van der Waals surface area contributed by atoms with E-state index in [-0.39, 0.29) is 11.9 Å². The molecule has 0 fully saturated rings. The van der Waals surface area contributed by atoms with E-state index in [4.69, 9.17) is 4.42 Å². The summed E-state index contributed by atoms with van der Waals surface area (Å²) < 4.78 is 5.01. The van der Waals surface area contributed by atoms with Crippen LogP contribution in [0.15, 0.2) is 47.3 Å². The minimum absolute atomic E-state index is 0.0240. The fourth-order valence-corrected chi connectivity index (χ4v) is 1.94. The molecule has 0 saturated heterocycles. The van der Waals surface area contributed by atoms with Gasteiger partial charge in [0.15, 0.2) is 0 Å². The van der Waals surface area contributed by atoms with Crippen molar-refractivity contribution in [1.82, 2.24) is 5.32 Å². The van der Waals surface area contributed by atoms with E-state index in [0.717, 1.165) is 23.1 Å². The van der Waals surface area contributed by atoms with Gasteiger partial charge in [-0.25, -0.2) is 0 Å². The largest absolute Gasteiger partial charge is 0.472 e. The first kappa shape index (κ1) is 12.4. The van der Waals surface area contributed by atoms with Gasteiger partial charge in [0.1, 0.15) is 0 Å². The van der Waals surface area contributed by atoms with Gasteiger partial charge in [-0.15, -0.1) is 0 Å². The van der Waals surface area contributed by atoms with Crippen molar-refractivity contribution >= 4 is 5.91 Å². The van der Waals surface area contributed by atoms with Crippen LogP contribution in [0.4, 0.5) is 0 Å². The first-order valence-corrected chi connectivity index (χ1v) is 6.04. The second kappa shape index (κ2) is 5.54. The third-order valence-electron chi connectivity index (χ3n) is 2.89. The molecule has 1 heterocycles. The Labute approximate surface area is 107 Å².